The molecule has 0 aromatic rings. The molecule has 0 amide bonds. The summed E-state index contributed by atoms with van der Waals surface area (Å²) >= 11 is 0. The van der Waals surface area contributed by atoms with E-state index in [1.807, 2.05) is 0 Å². The Morgan fingerprint density at radius 1 is 1.44 bits per heavy atom. The zero-order chi connectivity index (χ0) is 5.98. The average Bonchev–Trinajstić information content (AvgIpc) is 2.14. The summed E-state index contributed by atoms with van der Waals surface area (Å²) in [5, 5.41) is 0. The molecule has 1 aliphatic carbocycles. The topological polar surface area (TPSA) is 0 Å². The second-order valence-electron chi connectivity index (χ2n) is 2.92. The second-order valence-corrected chi connectivity index (χ2v) is 2.92. The molecule has 0 aromatic heterocycles. The Kier molecular flexibility index (Phi) is 4.71. The minimum Gasteiger partial charge on any atom is -0.323 e. The Morgan fingerprint density at radius 3 is 2.33 bits per heavy atom. The molecule has 0 spiro atoms. The molecule has 0 aliphatic heterocycles. The van der Waals surface area contributed by atoms with Crippen LogP contribution >= 0.6 is 0 Å². The molecule has 0 nitrogen and oxygen atoms in total. The minimum atomic E-state index is 0. The van der Waals surface area contributed by atoms with Crippen LogP contribution in [0.5, 0.6) is 0 Å². The van der Waals surface area contributed by atoms with E-state index in [9.17, 15) is 0 Å². The van der Waals surface area contributed by atoms with Crippen molar-refractivity contribution in [2.24, 2.45) is 11.8 Å². The van der Waals surface area contributed by atoms with Crippen LogP contribution in [-0.2, 0) is 0 Å². The number of hydrogen-bond donors (Lipinski definition) is 0. The third-order valence-corrected chi connectivity index (χ3v) is 2.12. The third kappa shape index (κ3) is 2.78. The monoisotopic (exact) mass is 118 g/mol. The molecule has 0 saturated heterocycles. The third-order valence-electron chi connectivity index (χ3n) is 2.12. The van der Waals surface area contributed by atoms with E-state index in [0.29, 0.717) is 0 Å². The largest absolute Gasteiger partial charge is 1.00 e. The van der Waals surface area contributed by atoms with Gasteiger partial charge in [-0.15, -0.1) is 0 Å². The molecule has 0 N–H and O–H groups in total. The van der Waals surface area contributed by atoms with Crippen LogP contribution in [0.3, 0.4) is 0 Å². The summed E-state index contributed by atoms with van der Waals surface area (Å²) in [6, 6.07) is 0. The molecule has 0 aromatic carbocycles. The van der Waals surface area contributed by atoms with Gasteiger partial charge in [0.15, 0.2) is 0 Å². The van der Waals surface area contributed by atoms with Gasteiger partial charge in [-0.2, -0.15) is 11.8 Å². The SMILES string of the molecule is CCC1[CH-]C(C)CC1.[Li+]. The van der Waals surface area contributed by atoms with Crippen LogP contribution in [0.2, 0.25) is 0 Å². The molecule has 1 aliphatic rings. The number of rotatable bonds is 1. The van der Waals surface area contributed by atoms with Gasteiger partial charge in [0.05, 0.1) is 0 Å². The van der Waals surface area contributed by atoms with Crippen molar-refractivity contribution < 1.29 is 18.9 Å². The Morgan fingerprint density at radius 2 is 2.11 bits per heavy atom. The standard InChI is InChI=1S/C8H15.Li/c1-3-8-5-4-7(2)6-8;/h6-8H,3-5H2,1-2H3;/q-1;+1. The molecule has 0 heterocycles. The zero-order valence-electron chi connectivity index (χ0n) is 6.85. The first kappa shape index (κ1) is 9.60. The molecule has 1 fully saturated rings. The van der Waals surface area contributed by atoms with Gasteiger partial charge in [0.2, 0.25) is 0 Å². The molecule has 2 unspecified atom stereocenters. The Balaban J connectivity index is 0.000000640. The van der Waals surface area contributed by atoms with Crippen molar-refractivity contribution >= 4 is 0 Å². The zero-order valence-corrected chi connectivity index (χ0v) is 6.85. The maximum Gasteiger partial charge on any atom is 1.00 e. The van der Waals surface area contributed by atoms with Gasteiger partial charge in [0, 0.05) is 0 Å². The van der Waals surface area contributed by atoms with Crippen molar-refractivity contribution in [3.8, 4) is 0 Å². The van der Waals surface area contributed by atoms with Crippen molar-refractivity contribution in [2.75, 3.05) is 0 Å². The Hall–Kier alpha value is 0.597. The van der Waals surface area contributed by atoms with E-state index >= 15 is 0 Å². The van der Waals surface area contributed by atoms with E-state index in [0.717, 1.165) is 11.8 Å². The van der Waals surface area contributed by atoms with Crippen LogP contribution in [-0.4, -0.2) is 0 Å². The molecule has 0 radical (unpaired) electrons. The molecule has 48 valence electrons. The summed E-state index contributed by atoms with van der Waals surface area (Å²) < 4.78 is 0. The summed E-state index contributed by atoms with van der Waals surface area (Å²) in [6.45, 7) is 4.59. The van der Waals surface area contributed by atoms with Gasteiger partial charge >= 0.3 is 18.9 Å². The fourth-order valence-electron chi connectivity index (χ4n) is 1.47. The first-order valence-electron chi connectivity index (χ1n) is 3.68. The van der Waals surface area contributed by atoms with E-state index < -0.39 is 0 Å². The Bertz CT molecular complexity index is 71.0. The minimum absolute atomic E-state index is 0. The Labute approximate surface area is 70.6 Å². The van der Waals surface area contributed by atoms with E-state index in [-0.39, 0.29) is 18.9 Å². The maximum absolute atomic E-state index is 2.50. The summed E-state index contributed by atoms with van der Waals surface area (Å²) in [5.74, 6) is 1.85. The molecule has 1 saturated carbocycles. The molecule has 2 atom stereocenters. The van der Waals surface area contributed by atoms with Gasteiger partial charge in [-0.3, -0.25) is 0 Å². The summed E-state index contributed by atoms with van der Waals surface area (Å²) in [5.41, 5.74) is 0. The first-order valence-corrected chi connectivity index (χ1v) is 3.68. The van der Waals surface area contributed by atoms with Crippen LogP contribution in [0.25, 0.3) is 0 Å². The molecule has 9 heavy (non-hydrogen) atoms. The molecule has 0 bridgehead atoms. The van der Waals surface area contributed by atoms with Crippen molar-refractivity contribution in [1.82, 2.24) is 0 Å². The maximum atomic E-state index is 2.50. The molecule has 1 rings (SSSR count). The van der Waals surface area contributed by atoms with E-state index in [2.05, 4.69) is 20.3 Å². The predicted octanol–water partition coefficient (Wildman–Crippen LogP) is -0.349. The van der Waals surface area contributed by atoms with Gasteiger partial charge in [-0.1, -0.05) is 33.1 Å². The van der Waals surface area contributed by atoms with Gasteiger partial charge in [-0.05, 0) is 0 Å². The van der Waals surface area contributed by atoms with E-state index in [1.54, 1.807) is 0 Å². The van der Waals surface area contributed by atoms with Gasteiger partial charge in [0.25, 0.3) is 0 Å². The van der Waals surface area contributed by atoms with Crippen LogP contribution in [0.4, 0.5) is 0 Å². The summed E-state index contributed by atoms with van der Waals surface area (Å²) in [4.78, 5) is 0. The van der Waals surface area contributed by atoms with Crippen LogP contribution in [0, 0.1) is 18.3 Å². The smallest absolute Gasteiger partial charge is 0.323 e. The van der Waals surface area contributed by atoms with Gasteiger partial charge < -0.3 is 6.42 Å². The van der Waals surface area contributed by atoms with E-state index in [4.69, 9.17) is 0 Å². The number of hydrogen-bond acceptors (Lipinski definition) is 0. The molecule has 1 heteroatoms. The predicted molar refractivity (Wildman–Crippen MR) is 36.5 cm³/mol. The van der Waals surface area contributed by atoms with Crippen molar-refractivity contribution in [3.63, 3.8) is 0 Å². The van der Waals surface area contributed by atoms with Crippen LogP contribution in [0.1, 0.15) is 33.1 Å². The summed E-state index contributed by atoms with van der Waals surface area (Å²) in [6.07, 6.45) is 6.72. The van der Waals surface area contributed by atoms with Crippen molar-refractivity contribution in [1.29, 1.82) is 0 Å². The normalized spacial score (nSPS) is 34.0. The van der Waals surface area contributed by atoms with Crippen molar-refractivity contribution in [3.05, 3.63) is 6.42 Å². The fourth-order valence-corrected chi connectivity index (χ4v) is 1.47. The van der Waals surface area contributed by atoms with Gasteiger partial charge in [-0.25, -0.2) is 0 Å². The van der Waals surface area contributed by atoms with Gasteiger partial charge in [0.1, 0.15) is 0 Å². The first-order chi connectivity index (χ1) is 3.83. The molecular formula is C8H15Li. The van der Waals surface area contributed by atoms with E-state index in [1.165, 1.54) is 19.3 Å². The molecular weight excluding hydrogens is 103 g/mol. The average molecular weight is 118 g/mol. The fraction of sp³-hybridized carbons (Fsp3) is 0.875. The second kappa shape index (κ2) is 4.42. The summed E-state index contributed by atoms with van der Waals surface area (Å²) in [7, 11) is 0. The van der Waals surface area contributed by atoms with Crippen molar-refractivity contribution in [2.45, 2.75) is 33.1 Å². The quantitative estimate of drug-likeness (QED) is 0.326. The van der Waals surface area contributed by atoms with Crippen LogP contribution in [0.15, 0.2) is 0 Å². The van der Waals surface area contributed by atoms with Crippen LogP contribution < -0.4 is 18.9 Å².